The van der Waals surface area contributed by atoms with E-state index in [0.29, 0.717) is 17.2 Å². The van der Waals surface area contributed by atoms with Gasteiger partial charge in [0, 0.05) is 11.8 Å². The van der Waals surface area contributed by atoms with E-state index in [1.54, 1.807) is 20.1 Å². The molecule has 1 unspecified atom stereocenters. The molecule has 4 nitrogen and oxygen atoms in total. The number of methoxy groups -OCH3 is 2. The average Bonchev–Trinajstić information content (AvgIpc) is 2.15. The van der Waals surface area contributed by atoms with E-state index in [0.717, 1.165) is 5.69 Å². The van der Waals surface area contributed by atoms with Gasteiger partial charge in [-0.25, -0.2) is 4.98 Å². The summed E-state index contributed by atoms with van der Waals surface area (Å²) in [7, 11) is 3.08. The van der Waals surface area contributed by atoms with Crippen LogP contribution >= 0.6 is 0 Å². The van der Waals surface area contributed by atoms with Crippen molar-refractivity contribution >= 4 is 0 Å². The molecule has 0 spiro atoms. The van der Waals surface area contributed by atoms with E-state index in [9.17, 15) is 5.11 Å². The van der Waals surface area contributed by atoms with Crippen molar-refractivity contribution in [1.29, 1.82) is 0 Å². The van der Waals surface area contributed by atoms with E-state index in [-0.39, 0.29) is 0 Å². The first-order chi connectivity index (χ1) is 6.60. The Morgan fingerprint density at radius 3 is 2.43 bits per heavy atom. The zero-order valence-electron chi connectivity index (χ0n) is 8.87. The number of aliphatic hydroxyl groups excluding tert-OH is 1. The Morgan fingerprint density at radius 1 is 1.36 bits per heavy atom. The van der Waals surface area contributed by atoms with E-state index >= 15 is 0 Å². The molecule has 0 aliphatic heterocycles. The molecule has 0 saturated heterocycles. The Bertz CT molecular complexity index is 298. The Morgan fingerprint density at radius 2 is 2.00 bits per heavy atom. The predicted molar refractivity (Wildman–Crippen MR) is 52.7 cm³/mol. The van der Waals surface area contributed by atoms with Crippen molar-refractivity contribution < 1.29 is 14.6 Å². The SMILES string of the molecule is COc1cc(C)nc(OC)c1C(C)O. The summed E-state index contributed by atoms with van der Waals surface area (Å²) < 4.78 is 10.2. The Hall–Kier alpha value is -1.29. The molecule has 1 heterocycles. The van der Waals surface area contributed by atoms with E-state index in [1.165, 1.54) is 7.11 Å². The monoisotopic (exact) mass is 197 g/mol. The molecule has 1 aromatic rings. The summed E-state index contributed by atoms with van der Waals surface area (Å²) in [5, 5.41) is 9.54. The normalized spacial score (nSPS) is 12.4. The number of aromatic nitrogens is 1. The highest BCUT2D eigenvalue weighted by molar-refractivity contribution is 5.43. The minimum absolute atomic E-state index is 0.414. The lowest BCUT2D eigenvalue weighted by atomic mass is 10.1. The summed E-state index contributed by atoms with van der Waals surface area (Å²) in [6.45, 7) is 3.49. The number of ether oxygens (including phenoxy) is 2. The smallest absolute Gasteiger partial charge is 0.222 e. The fourth-order valence-electron chi connectivity index (χ4n) is 1.33. The molecule has 0 aliphatic rings. The van der Waals surface area contributed by atoms with E-state index in [4.69, 9.17) is 9.47 Å². The number of hydrogen-bond donors (Lipinski definition) is 1. The molecular weight excluding hydrogens is 182 g/mol. The fraction of sp³-hybridized carbons (Fsp3) is 0.500. The van der Waals surface area contributed by atoms with Crippen molar-refractivity contribution in [3.05, 3.63) is 17.3 Å². The topological polar surface area (TPSA) is 51.6 Å². The average molecular weight is 197 g/mol. The molecule has 0 aliphatic carbocycles. The van der Waals surface area contributed by atoms with Crippen LogP contribution < -0.4 is 9.47 Å². The van der Waals surface area contributed by atoms with Gasteiger partial charge in [-0.15, -0.1) is 0 Å². The van der Waals surface area contributed by atoms with Crippen LogP contribution in [0.4, 0.5) is 0 Å². The molecule has 1 aromatic heterocycles. The molecule has 4 heteroatoms. The minimum atomic E-state index is -0.659. The second-order valence-corrected chi connectivity index (χ2v) is 3.06. The van der Waals surface area contributed by atoms with Crippen molar-refractivity contribution in [2.45, 2.75) is 20.0 Å². The third-order valence-corrected chi connectivity index (χ3v) is 1.94. The summed E-state index contributed by atoms with van der Waals surface area (Å²) in [5.74, 6) is 1.02. The molecule has 1 atom stereocenters. The standard InChI is InChI=1S/C10H15NO3/c1-6-5-8(13-3)9(7(2)12)10(11-6)14-4/h5,7,12H,1-4H3. The molecule has 0 amide bonds. The van der Waals surface area contributed by atoms with Crippen LogP contribution in [0.5, 0.6) is 11.6 Å². The minimum Gasteiger partial charge on any atom is -0.496 e. The molecule has 14 heavy (non-hydrogen) atoms. The predicted octanol–water partition coefficient (Wildman–Crippen LogP) is 1.46. The van der Waals surface area contributed by atoms with Gasteiger partial charge >= 0.3 is 0 Å². The van der Waals surface area contributed by atoms with E-state index in [2.05, 4.69) is 4.98 Å². The first-order valence-corrected chi connectivity index (χ1v) is 4.37. The zero-order chi connectivity index (χ0) is 10.7. The second-order valence-electron chi connectivity index (χ2n) is 3.06. The largest absolute Gasteiger partial charge is 0.496 e. The quantitative estimate of drug-likeness (QED) is 0.797. The molecule has 0 saturated carbocycles. The van der Waals surface area contributed by atoms with Crippen LogP contribution in [0, 0.1) is 6.92 Å². The third kappa shape index (κ3) is 1.96. The number of aliphatic hydroxyl groups is 1. The van der Waals surface area contributed by atoms with Crippen LogP contribution in [0.15, 0.2) is 6.07 Å². The highest BCUT2D eigenvalue weighted by atomic mass is 16.5. The third-order valence-electron chi connectivity index (χ3n) is 1.94. The van der Waals surface area contributed by atoms with Gasteiger partial charge in [-0.3, -0.25) is 0 Å². The number of nitrogens with zero attached hydrogens (tertiary/aromatic N) is 1. The maximum absolute atomic E-state index is 9.54. The van der Waals surface area contributed by atoms with Crippen molar-refractivity contribution in [2.75, 3.05) is 14.2 Å². The van der Waals surface area contributed by atoms with Gasteiger partial charge in [0.2, 0.25) is 5.88 Å². The van der Waals surface area contributed by atoms with Crippen LogP contribution in [0.1, 0.15) is 24.3 Å². The summed E-state index contributed by atoms with van der Waals surface area (Å²) in [6.07, 6.45) is -0.659. The van der Waals surface area contributed by atoms with Gasteiger partial charge in [0.15, 0.2) is 0 Å². The first-order valence-electron chi connectivity index (χ1n) is 4.37. The van der Waals surface area contributed by atoms with Crippen molar-refractivity contribution in [2.24, 2.45) is 0 Å². The summed E-state index contributed by atoms with van der Waals surface area (Å²) in [4.78, 5) is 4.16. The summed E-state index contributed by atoms with van der Waals surface area (Å²) >= 11 is 0. The Labute approximate surface area is 83.5 Å². The number of aryl methyl sites for hydroxylation is 1. The molecule has 1 N–H and O–H groups in total. The van der Waals surface area contributed by atoms with Gasteiger partial charge < -0.3 is 14.6 Å². The van der Waals surface area contributed by atoms with Crippen LogP contribution in [-0.4, -0.2) is 24.3 Å². The second kappa shape index (κ2) is 4.28. The van der Waals surface area contributed by atoms with Crippen molar-refractivity contribution in [3.8, 4) is 11.6 Å². The van der Waals surface area contributed by atoms with Crippen LogP contribution in [-0.2, 0) is 0 Å². The van der Waals surface area contributed by atoms with Crippen molar-refractivity contribution in [1.82, 2.24) is 4.98 Å². The highest BCUT2D eigenvalue weighted by Gasteiger charge is 2.17. The summed E-state index contributed by atoms with van der Waals surface area (Å²) in [6, 6.07) is 1.77. The lowest BCUT2D eigenvalue weighted by Crippen LogP contribution is -2.03. The first kappa shape index (κ1) is 10.8. The maximum atomic E-state index is 9.54. The van der Waals surface area contributed by atoms with Gasteiger partial charge in [-0.2, -0.15) is 0 Å². The molecule has 0 radical (unpaired) electrons. The lowest BCUT2D eigenvalue weighted by Gasteiger charge is -2.14. The number of pyridine rings is 1. The lowest BCUT2D eigenvalue weighted by molar-refractivity contribution is 0.187. The summed E-state index contributed by atoms with van der Waals surface area (Å²) in [5.41, 5.74) is 1.38. The molecule has 0 fully saturated rings. The highest BCUT2D eigenvalue weighted by Crippen LogP contribution is 2.32. The van der Waals surface area contributed by atoms with Crippen LogP contribution in [0.25, 0.3) is 0 Å². The molecule has 78 valence electrons. The van der Waals surface area contributed by atoms with Crippen molar-refractivity contribution in [3.63, 3.8) is 0 Å². The zero-order valence-corrected chi connectivity index (χ0v) is 8.87. The molecular formula is C10H15NO3. The fourth-order valence-corrected chi connectivity index (χ4v) is 1.33. The number of hydrogen-bond acceptors (Lipinski definition) is 4. The molecule has 0 aromatic carbocycles. The van der Waals surface area contributed by atoms with Crippen LogP contribution in [0.3, 0.4) is 0 Å². The van der Waals surface area contributed by atoms with Gasteiger partial charge in [0.1, 0.15) is 5.75 Å². The Balaban J connectivity index is 3.33. The molecule has 0 bridgehead atoms. The van der Waals surface area contributed by atoms with Gasteiger partial charge in [0.05, 0.1) is 25.9 Å². The van der Waals surface area contributed by atoms with Gasteiger partial charge in [0.25, 0.3) is 0 Å². The van der Waals surface area contributed by atoms with Gasteiger partial charge in [-0.05, 0) is 13.8 Å². The molecule has 1 rings (SSSR count). The number of rotatable bonds is 3. The van der Waals surface area contributed by atoms with Gasteiger partial charge in [-0.1, -0.05) is 0 Å². The van der Waals surface area contributed by atoms with E-state index in [1.807, 2.05) is 6.92 Å². The van der Waals surface area contributed by atoms with E-state index < -0.39 is 6.10 Å². The van der Waals surface area contributed by atoms with Crippen LogP contribution in [0.2, 0.25) is 0 Å². The maximum Gasteiger partial charge on any atom is 0.222 e. The Kier molecular flexibility index (Phi) is 3.30.